The first-order chi connectivity index (χ1) is 14.0. The number of halogens is 1. The number of carbonyl (C=O) groups is 2. The lowest BCUT2D eigenvalue weighted by Gasteiger charge is -2.19. The second-order valence-electron chi connectivity index (χ2n) is 6.51. The second kappa shape index (κ2) is 9.59. The van der Waals surface area contributed by atoms with E-state index < -0.39 is 0 Å². The summed E-state index contributed by atoms with van der Waals surface area (Å²) in [6, 6.07) is 15.6. The van der Waals surface area contributed by atoms with Gasteiger partial charge in [0.2, 0.25) is 5.91 Å². The molecule has 0 saturated heterocycles. The zero-order valence-corrected chi connectivity index (χ0v) is 16.1. The Bertz CT molecular complexity index is 957. The highest BCUT2D eigenvalue weighted by Crippen LogP contribution is 2.06. The Hall–Kier alpha value is -3.55. The fourth-order valence-corrected chi connectivity index (χ4v) is 2.77. The van der Waals surface area contributed by atoms with E-state index in [1.54, 1.807) is 29.9 Å². The highest BCUT2D eigenvalue weighted by molar-refractivity contribution is 5.94. The molecular formula is C21H22FN5O2. The van der Waals surface area contributed by atoms with Crippen LogP contribution >= 0.6 is 0 Å². The van der Waals surface area contributed by atoms with Gasteiger partial charge in [0.15, 0.2) is 5.69 Å². The van der Waals surface area contributed by atoms with Crippen molar-refractivity contribution in [2.24, 2.45) is 0 Å². The molecule has 0 saturated carbocycles. The maximum absolute atomic E-state index is 12.9. The molecule has 1 N–H and O–H groups in total. The van der Waals surface area contributed by atoms with Crippen LogP contribution < -0.4 is 5.32 Å². The van der Waals surface area contributed by atoms with Crippen molar-refractivity contribution in [1.29, 1.82) is 0 Å². The van der Waals surface area contributed by atoms with Crippen molar-refractivity contribution in [3.63, 3.8) is 0 Å². The van der Waals surface area contributed by atoms with Gasteiger partial charge >= 0.3 is 0 Å². The SMILES string of the molecule is CCN(CC(=O)NCc1ccc(F)cc1)C(=O)c1cn(Cc2ccccc2)nn1. The third kappa shape index (κ3) is 5.71. The second-order valence-corrected chi connectivity index (χ2v) is 6.51. The van der Waals surface area contributed by atoms with Crippen LogP contribution in [0.1, 0.15) is 28.5 Å². The van der Waals surface area contributed by atoms with Crippen molar-refractivity contribution >= 4 is 11.8 Å². The number of benzene rings is 2. The number of carbonyl (C=O) groups excluding carboxylic acids is 2. The monoisotopic (exact) mass is 395 g/mol. The van der Waals surface area contributed by atoms with Gasteiger partial charge < -0.3 is 10.2 Å². The highest BCUT2D eigenvalue weighted by Gasteiger charge is 2.20. The minimum absolute atomic E-state index is 0.0952. The van der Waals surface area contributed by atoms with Gasteiger partial charge in [-0.15, -0.1) is 5.10 Å². The number of nitrogens with zero attached hydrogens (tertiary/aromatic N) is 4. The van der Waals surface area contributed by atoms with Crippen LogP contribution in [0.15, 0.2) is 60.8 Å². The van der Waals surface area contributed by atoms with Crippen molar-refractivity contribution in [1.82, 2.24) is 25.2 Å². The molecule has 0 aliphatic heterocycles. The molecule has 0 unspecified atom stereocenters. The van der Waals surface area contributed by atoms with Gasteiger partial charge in [0, 0.05) is 13.1 Å². The molecule has 1 aromatic heterocycles. The number of hydrogen-bond donors (Lipinski definition) is 1. The molecule has 0 spiro atoms. The third-order valence-electron chi connectivity index (χ3n) is 4.35. The van der Waals surface area contributed by atoms with Crippen LogP contribution in [0.2, 0.25) is 0 Å². The number of likely N-dealkylation sites (N-methyl/N-ethyl adjacent to an activating group) is 1. The van der Waals surface area contributed by atoms with Crippen molar-refractivity contribution < 1.29 is 14.0 Å². The average molecular weight is 395 g/mol. The molecule has 0 aliphatic rings. The van der Waals surface area contributed by atoms with Crippen LogP contribution in [-0.4, -0.2) is 44.8 Å². The molecule has 0 atom stereocenters. The van der Waals surface area contributed by atoms with E-state index in [1.807, 2.05) is 30.3 Å². The lowest BCUT2D eigenvalue weighted by molar-refractivity contribution is -0.121. The molecule has 8 heteroatoms. The topological polar surface area (TPSA) is 80.1 Å². The van der Waals surface area contributed by atoms with E-state index in [9.17, 15) is 14.0 Å². The van der Waals surface area contributed by atoms with Crippen molar-refractivity contribution in [3.8, 4) is 0 Å². The quantitative estimate of drug-likeness (QED) is 0.634. The normalized spacial score (nSPS) is 10.6. The lowest BCUT2D eigenvalue weighted by Crippen LogP contribution is -2.40. The summed E-state index contributed by atoms with van der Waals surface area (Å²) < 4.78 is 14.5. The Kier molecular flexibility index (Phi) is 6.67. The molecule has 7 nitrogen and oxygen atoms in total. The number of rotatable bonds is 8. The van der Waals surface area contributed by atoms with E-state index in [-0.39, 0.29) is 36.4 Å². The van der Waals surface area contributed by atoms with Gasteiger partial charge in [0.25, 0.3) is 5.91 Å². The molecule has 0 bridgehead atoms. The Labute approximate surface area is 168 Å². The number of nitrogens with one attached hydrogen (secondary N) is 1. The van der Waals surface area contributed by atoms with Crippen LogP contribution in [0.3, 0.4) is 0 Å². The summed E-state index contributed by atoms with van der Waals surface area (Å²) in [6.45, 7) is 2.82. The summed E-state index contributed by atoms with van der Waals surface area (Å²) >= 11 is 0. The average Bonchev–Trinajstić information content (AvgIpc) is 3.20. The van der Waals surface area contributed by atoms with E-state index in [1.165, 1.54) is 17.0 Å². The Morgan fingerprint density at radius 2 is 1.79 bits per heavy atom. The Balaban J connectivity index is 1.55. The maximum atomic E-state index is 12.9. The molecular weight excluding hydrogens is 373 g/mol. The number of hydrogen-bond acceptors (Lipinski definition) is 4. The minimum Gasteiger partial charge on any atom is -0.350 e. The molecule has 1 heterocycles. The minimum atomic E-state index is -0.358. The van der Waals surface area contributed by atoms with Crippen molar-refractivity contribution in [2.45, 2.75) is 20.0 Å². The van der Waals surface area contributed by atoms with Gasteiger partial charge in [0.05, 0.1) is 19.3 Å². The maximum Gasteiger partial charge on any atom is 0.276 e. The summed E-state index contributed by atoms with van der Waals surface area (Å²) in [5.41, 5.74) is 2.01. The molecule has 0 radical (unpaired) electrons. The van der Waals surface area contributed by atoms with Gasteiger partial charge in [-0.1, -0.05) is 47.7 Å². The summed E-state index contributed by atoms with van der Waals surface area (Å²) in [6.07, 6.45) is 1.58. The van der Waals surface area contributed by atoms with Crippen molar-refractivity contribution in [2.75, 3.05) is 13.1 Å². The highest BCUT2D eigenvalue weighted by atomic mass is 19.1. The van der Waals surface area contributed by atoms with Gasteiger partial charge in [-0.3, -0.25) is 9.59 Å². The first-order valence-corrected chi connectivity index (χ1v) is 9.29. The predicted molar refractivity (Wildman–Crippen MR) is 105 cm³/mol. The van der Waals surface area contributed by atoms with E-state index in [4.69, 9.17) is 0 Å². The lowest BCUT2D eigenvalue weighted by atomic mass is 10.2. The molecule has 3 rings (SSSR count). The van der Waals surface area contributed by atoms with Gasteiger partial charge in [-0.05, 0) is 30.2 Å². The van der Waals surface area contributed by atoms with Crippen LogP contribution in [0.5, 0.6) is 0 Å². The fraction of sp³-hybridized carbons (Fsp3) is 0.238. The van der Waals surface area contributed by atoms with Crippen LogP contribution in [0.25, 0.3) is 0 Å². The van der Waals surface area contributed by atoms with Crippen molar-refractivity contribution in [3.05, 3.63) is 83.4 Å². The van der Waals surface area contributed by atoms with Gasteiger partial charge in [0.1, 0.15) is 5.82 Å². The number of amides is 2. The van der Waals surface area contributed by atoms with E-state index in [0.29, 0.717) is 13.1 Å². The molecule has 0 fully saturated rings. The molecule has 3 aromatic rings. The first-order valence-electron chi connectivity index (χ1n) is 9.29. The number of aromatic nitrogens is 3. The summed E-state index contributed by atoms with van der Waals surface area (Å²) in [7, 11) is 0. The standard InChI is InChI=1S/C21H22FN5O2/c1-2-26(15-20(28)23-12-16-8-10-18(22)11-9-16)21(29)19-14-27(25-24-19)13-17-6-4-3-5-7-17/h3-11,14H,2,12-13,15H2,1H3,(H,23,28). The first kappa shape index (κ1) is 20.2. The fourth-order valence-electron chi connectivity index (χ4n) is 2.77. The molecule has 2 amide bonds. The summed E-state index contributed by atoms with van der Waals surface area (Å²) in [5.74, 6) is -0.993. The zero-order chi connectivity index (χ0) is 20.6. The van der Waals surface area contributed by atoms with E-state index in [0.717, 1.165) is 11.1 Å². The van der Waals surface area contributed by atoms with Crippen LogP contribution in [-0.2, 0) is 17.9 Å². The zero-order valence-electron chi connectivity index (χ0n) is 16.1. The summed E-state index contributed by atoms with van der Waals surface area (Å²) in [5, 5.41) is 10.7. The van der Waals surface area contributed by atoms with Crippen LogP contribution in [0.4, 0.5) is 4.39 Å². The van der Waals surface area contributed by atoms with Gasteiger partial charge in [-0.25, -0.2) is 9.07 Å². The Morgan fingerprint density at radius 3 is 2.48 bits per heavy atom. The largest absolute Gasteiger partial charge is 0.350 e. The smallest absolute Gasteiger partial charge is 0.276 e. The van der Waals surface area contributed by atoms with Gasteiger partial charge in [-0.2, -0.15) is 0 Å². The molecule has 0 aliphatic carbocycles. The summed E-state index contributed by atoms with van der Waals surface area (Å²) in [4.78, 5) is 26.3. The van der Waals surface area contributed by atoms with Crippen LogP contribution in [0, 0.1) is 5.82 Å². The molecule has 150 valence electrons. The Morgan fingerprint density at radius 1 is 1.07 bits per heavy atom. The molecule has 29 heavy (non-hydrogen) atoms. The molecule has 2 aromatic carbocycles. The predicted octanol–water partition coefficient (Wildman–Crippen LogP) is 2.24. The van der Waals surface area contributed by atoms with E-state index in [2.05, 4.69) is 15.6 Å². The third-order valence-corrected chi connectivity index (χ3v) is 4.35. The van der Waals surface area contributed by atoms with E-state index >= 15 is 0 Å².